The summed E-state index contributed by atoms with van der Waals surface area (Å²) >= 11 is 2.26. The molecule has 104 valence electrons. The van der Waals surface area contributed by atoms with Gasteiger partial charge in [-0.1, -0.05) is 12.1 Å². The minimum atomic E-state index is 0.0248. The van der Waals surface area contributed by atoms with Gasteiger partial charge in [0.1, 0.15) is 0 Å². The van der Waals surface area contributed by atoms with E-state index < -0.39 is 0 Å². The van der Waals surface area contributed by atoms with Crippen molar-refractivity contribution in [3.8, 4) is 0 Å². The van der Waals surface area contributed by atoms with Crippen LogP contribution in [0.1, 0.15) is 17.5 Å². The first-order valence-electron chi connectivity index (χ1n) is 6.45. The van der Waals surface area contributed by atoms with Crippen molar-refractivity contribution in [1.82, 2.24) is 0 Å². The lowest BCUT2D eigenvalue weighted by Crippen LogP contribution is -2.13. The molecule has 0 atom stereocenters. The maximum atomic E-state index is 12.0. The molecule has 0 aliphatic carbocycles. The fraction of sp³-hybridized carbons (Fsp3) is 0.188. The van der Waals surface area contributed by atoms with Crippen molar-refractivity contribution in [3.05, 3.63) is 57.2 Å². The highest BCUT2D eigenvalue weighted by molar-refractivity contribution is 14.1. The molecule has 0 saturated heterocycles. The number of benzene rings is 2. The highest BCUT2D eigenvalue weighted by Gasteiger charge is 2.05. The Labute approximate surface area is 132 Å². The summed E-state index contributed by atoms with van der Waals surface area (Å²) in [6.07, 6.45) is 1.15. The Kier molecular flexibility index (Phi) is 5.00. The van der Waals surface area contributed by atoms with Gasteiger partial charge in [0, 0.05) is 21.4 Å². The summed E-state index contributed by atoms with van der Waals surface area (Å²) < 4.78 is 1.16. The van der Waals surface area contributed by atoms with Gasteiger partial charge >= 0.3 is 0 Å². The zero-order valence-corrected chi connectivity index (χ0v) is 13.5. The van der Waals surface area contributed by atoms with E-state index in [0.717, 1.165) is 26.1 Å². The van der Waals surface area contributed by atoms with Crippen molar-refractivity contribution in [3.63, 3.8) is 0 Å². The van der Waals surface area contributed by atoms with Crippen molar-refractivity contribution in [1.29, 1.82) is 0 Å². The van der Waals surface area contributed by atoms with Gasteiger partial charge in [0.15, 0.2) is 0 Å². The van der Waals surface area contributed by atoms with Gasteiger partial charge in [0.2, 0.25) is 5.91 Å². The fourth-order valence-corrected chi connectivity index (χ4v) is 2.63. The van der Waals surface area contributed by atoms with Crippen LogP contribution in [0.3, 0.4) is 0 Å². The number of hydrogen-bond acceptors (Lipinski definition) is 2. The molecule has 0 aliphatic heterocycles. The summed E-state index contributed by atoms with van der Waals surface area (Å²) in [4.78, 5) is 12.0. The molecule has 0 radical (unpaired) electrons. The van der Waals surface area contributed by atoms with Gasteiger partial charge < -0.3 is 11.1 Å². The van der Waals surface area contributed by atoms with Crippen molar-refractivity contribution in [2.45, 2.75) is 19.8 Å². The largest absolute Gasteiger partial charge is 0.399 e. The second kappa shape index (κ2) is 6.74. The molecule has 0 aliphatic rings. The van der Waals surface area contributed by atoms with E-state index in [9.17, 15) is 4.79 Å². The molecule has 0 spiro atoms. The quantitative estimate of drug-likeness (QED) is 0.627. The van der Waals surface area contributed by atoms with Crippen molar-refractivity contribution in [2.75, 3.05) is 11.1 Å². The van der Waals surface area contributed by atoms with E-state index in [4.69, 9.17) is 5.73 Å². The minimum Gasteiger partial charge on any atom is -0.399 e. The average molecular weight is 380 g/mol. The number of carbonyl (C=O) groups is 1. The van der Waals surface area contributed by atoms with E-state index in [1.807, 2.05) is 49.4 Å². The van der Waals surface area contributed by atoms with Gasteiger partial charge in [-0.3, -0.25) is 4.79 Å². The molecule has 2 aromatic carbocycles. The number of nitrogen functional groups attached to an aromatic ring is 1. The smallest absolute Gasteiger partial charge is 0.224 e. The van der Waals surface area contributed by atoms with Crippen LogP contribution in [0.5, 0.6) is 0 Å². The van der Waals surface area contributed by atoms with Gasteiger partial charge in [0.25, 0.3) is 0 Å². The number of rotatable bonds is 4. The number of amides is 1. The van der Waals surface area contributed by atoms with Crippen LogP contribution in [-0.4, -0.2) is 5.91 Å². The van der Waals surface area contributed by atoms with Crippen molar-refractivity contribution in [2.24, 2.45) is 0 Å². The third-order valence-electron chi connectivity index (χ3n) is 3.05. The predicted molar refractivity (Wildman–Crippen MR) is 91.7 cm³/mol. The lowest BCUT2D eigenvalue weighted by molar-refractivity contribution is -0.116. The summed E-state index contributed by atoms with van der Waals surface area (Å²) in [5.41, 5.74) is 9.49. The Morgan fingerprint density at radius 1 is 1.25 bits per heavy atom. The van der Waals surface area contributed by atoms with Crippen LogP contribution >= 0.6 is 22.6 Å². The van der Waals surface area contributed by atoms with E-state index in [1.165, 1.54) is 0 Å². The summed E-state index contributed by atoms with van der Waals surface area (Å²) in [5.74, 6) is 0.0248. The monoisotopic (exact) mass is 380 g/mol. The zero-order chi connectivity index (χ0) is 14.5. The normalized spacial score (nSPS) is 10.3. The topological polar surface area (TPSA) is 55.1 Å². The molecule has 0 aromatic heterocycles. The lowest BCUT2D eigenvalue weighted by atomic mass is 10.1. The Morgan fingerprint density at radius 3 is 2.75 bits per heavy atom. The first-order valence-corrected chi connectivity index (χ1v) is 7.53. The maximum absolute atomic E-state index is 12.0. The number of nitrogens with two attached hydrogens (primary N) is 1. The van der Waals surface area contributed by atoms with E-state index in [2.05, 4.69) is 27.9 Å². The van der Waals surface area contributed by atoms with Crippen molar-refractivity contribution < 1.29 is 4.79 Å². The molecule has 0 unspecified atom stereocenters. The Morgan fingerprint density at radius 2 is 2.05 bits per heavy atom. The van der Waals surface area contributed by atoms with Gasteiger partial charge in [-0.25, -0.2) is 0 Å². The summed E-state index contributed by atoms with van der Waals surface area (Å²) in [6.45, 7) is 2.00. The Balaban J connectivity index is 1.92. The lowest BCUT2D eigenvalue weighted by Gasteiger charge is -2.09. The van der Waals surface area contributed by atoms with Gasteiger partial charge in [0.05, 0.1) is 0 Å². The number of halogens is 1. The van der Waals surface area contributed by atoms with Gasteiger partial charge in [-0.2, -0.15) is 0 Å². The van der Waals surface area contributed by atoms with Crippen molar-refractivity contribution >= 4 is 39.9 Å². The summed E-state index contributed by atoms with van der Waals surface area (Å²) in [7, 11) is 0. The molecule has 0 fully saturated rings. The van der Waals surface area contributed by atoms with Crippen LogP contribution in [0.15, 0.2) is 42.5 Å². The maximum Gasteiger partial charge on any atom is 0.224 e. The van der Waals surface area contributed by atoms with E-state index in [1.54, 1.807) is 0 Å². The zero-order valence-electron chi connectivity index (χ0n) is 11.3. The third kappa shape index (κ3) is 4.23. The molecule has 20 heavy (non-hydrogen) atoms. The highest BCUT2D eigenvalue weighted by Crippen LogP contribution is 2.18. The molecule has 3 nitrogen and oxygen atoms in total. The predicted octanol–water partition coefficient (Wildman–Crippen LogP) is 3.75. The van der Waals surface area contributed by atoms with Crippen LogP contribution in [0.25, 0.3) is 0 Å². The van der Waals surface area contributed by atoms with E-state index in [-0.39, 0.29) is 5.91 Å². The first kappa shape index (κ1) is 14.8. The Hall–Kier alpha value is -1.56. The fourth-order valence-electron chi connectivity index (χ4n) is 1.99. The Bertz CT molecular complexity index is 626. The summed E-state index contributed by atoms with van der Waals surface area (Å²) in [5, 5.41) is 2.95. The molecule has 0 saturated carbocycles. The number of nitrogens with one attached hydrogen (secondary N) is 1. The molecule has 2 rings (SSSR count). The van der Waals surface area contributed by atoms with E-state index in [0.29, 0.717) is 12.8 Å². The van der Waals surface area contributed by atoms with E-state index >= 15 is 0 Å². The summed E-state index contributed by atoms with van der Waals surface area (Å²) in [6, 6.07) is 13.6. The SMILES string of the molecule is Cc1cc(I)ccc1NC(=O)CCc1cccc(N)c1. The number of carbonyl (C=O) groups excluding carboxylic acids is 1. The molecule has 3 N–H and O–H groups in total. The van der Waals surface area contributed by atoms with Gasteiger partial charge in [-0.05, 0) is 77.4 Å². The number of aryl methyl sites for hydroxylation is 2. The van der Waals surface area contributed by atoms with Crippen LogP contribution in [-0.2, 0) is 11.2 Å². The standard InChI is InChI=1S/C16H17IN2O/c1-11-9-13(17)6-7-15(11)19-16(20)8-5-12-3-2-4-14(18)10-12/h2-4,6-7,9-10H,5,8,18H2,1H3,(H,19,20). The van der Waals surface area contributed by atoms with Crippen LogP contribution < -0.4 is 11.1 Å². The number of hydrogen-bond donors (Lipinski definition) is 2. The molecular formula is C16H17IN2O. The second-order valence-corrected chi connectivity index (χ2v) is 6.00. The average Bonchev–Trinajstić information content (AvgIpc) is 2.40. The number of anilines is 2. The van der Waals surface area contributed by atoms with Crippen LogP contribution in [0, 0.1) is 10.5 Å². The molecule has 1 amide bonds. The van der Waals surface area contributed by atoms with Gasteiger partial charge in [-0.15, -0.1) is 0 Å². The molecule has 4 heteroatoms. The van der Waals surface area contributed by atoms with Crippen LogP contribution in [0.4, 0.5) is 11.4 Å². The second-order valence-electron chi connectivity index (χ2n) is 4.75. The molecule has 0 bridgehead atoms. The molecule has 2 aromatic rings. The molecular weight excluding hydrogens is 363 g/mol. The third-order valence-corrected chi connectivity index (χ3v) is 3.73. The first-order chi connectivity index (χ1) is 9.54. The van der Waals surface area contributed by atoms with Crippen LogP contribution in [0.2, 0.25) is 0 Å². The minimum absolute atomic E-state index is 0.0248. The molecule has 0 heterocycles. The highest BCUT2D eigenvalue weighted by atomic mass is 127.